The standard InChI is InChI=1S/C27H33ClN6O3/c1-19(2)20-6-3-4-8-22(20)30-26(36)34-12-9-27(10-13-34)18-23(31-37-27)25(35)33-16-14-32(15-17-33)24-21(28)7-5-11-29-24/h3-8,11,19H,9-10,12-18H2,1-2H3,(H,30,36). The van der Waals surface area contributed by atoms with Gasteiger partial charge in [0.25, 0.3) is 5.91 Å². The average Bonchev–Trinajstić information content (AvgIpc) is 3.32. The number of urea groups is 1. The highest BCUT2D eigenvalue weighted by Gasteiger charge is 2.45. The van der Waals surface area contributed by atoms with Crippen molar-refractivity contribution in [3.63, 3.8) is 0 Å². The number of nitrogens with one attached hydrogen (secondary N) is 1. The highest BCUT2D eigenvalue weighted by atomic mass is 35.5. The zero-order chi connectivity index (χ0) is 26.0. The minimum atomic E-state index is -0.513. The Balaban J connectivity index is 1.12. The molecule has 1 aromatic carbocycles. The van der Waals surface area contributed by atoms with Crippen molar-refractivity contribution >= 4 is 40.8 Å². The number of aromatic nitrogens is 1. The fourth-order valence-electron chi connectivity index (χ4n) is 5.24. The molecule has 1 N–H and O–H groups in total. The molecule has 9 nitrogen and oxygen atoms in total. The van der Waals surface area contributed by atoms with Crippen LogP contribution in [0.1, 0.15) is 44.6 Å². The molecular formula is C27H33ClN6O3. The van der Waals surface area contributed by atoms with Gasteiger partial charge in [0.05, 0.1) is 5.02 Å². The zero-order valence-electron chi connectivity index (χ0n) is 21.3. The number of rotatable bonds is 4. The van der Waals surface area contributed by atoms with E-state index in [-0.39, 0.29) is 11.9 Å². The van der Waals surface area contributed by atoms with Crippen molar-refractivity contribution in [1.82, 2.24) is 14.8 Å². The Morgan fingerprint density at radius 3 is 2.43 bits per heavy atom. The van der Waals surface area contributed by atoms with Gasteiger partial charge in [-0.15, -0.1) is 0 Å². The molecule has 37 heavy (non-hydrogen) atoms. The van der Waals surface area contributed by atoms with E-state index in [0.717, 1.165) is 17.1 Å². The van der Waals surface area contributed by atoms with Gasteiger partial charge in [-0.1, -0.05) is 48.8 Å². The van der Waals surface area contributed by atoms with Crippen LogP contribution in [0.25, 0.3) is 0 Å². The van der Waals surface area contributed by atoms with Crippen LogP contribution < -0.4 is 10.2 Å². The van der Waals surface area contributed by atoms with Crippen molar-refractivity contribution in [3.05, 3.63) is 53.2 Å². The summed E-state index contributed by atoms with van der Waals surface area (Å²) >= 11 is 6.28. The van der Waals surface area contributed by atoms with Crippen molar-refractivity contribution in [2.45, 2.75) is 44.6 Å². The van der Waals surface area contributed by atoms with Crippen LogP contribution in [0.5, 0.6) is 0 Å². The molecule has 5 rings (SSSR count). The first-order valence-corrected chi connectivity index (χ1v) is 13.3. The SMILES string of the molecule is CC(C)c1ccccc1NC(=O)N1CCC2(CC1)CC(C(=O)N1CCN(c3ncccc3Cl)CC1)=NO2. The van der Waals surface area contributed by atoms with Gasteiger partial charge in [0.1, 0.15) is 17.1 Å². The predicted octanol–water partition coefficient (Wildman–Crippen LogP) is 4.35. The Hall–Kier alpha value is -3.33. The monoisotopic (exact) mass is 524 g/mol. The molecule has 3 aliphatic rings. The molecule has 1 spiro atoms. The lowest BCUT2D eigenvalue weighted by Crippen LogP contribution is -2.52. The minimum Gasteiger partial charge on any atom is -0.388 e. The van der Waals surface area contributed by atoms with E-state index in [4.69, 9.17) is 16.4 Å². The van der Waals surface area contributed by atoms with Crippen LogP contribution in [0.15, 0.2) is 47.8 Å². The molecule has 196 valence electrons. The topological polar surface area (TPSA) is 90.4 Å². The fraction of sp³-hybridized carbons (Fsp3) is 0.481. The number of hydrogen-bond acceptors (Lipinski definition) is 6. The number of likely N-dealkylation sites (tertiary alicyclic amines) is 1. The summed E-state index contributed by atoms with van der Waals surface area (Å²) in [6.07, 6.45) is 3.48. The lowest BCUT2D eigenvalue weighted by atomic mass is 9.86. The largest absolute Gasteiger partial charge is 0.388 e. The second-order valence-corrected chi connectivity index (χ2v) is 10.6. The molecular weight excluding hydrogens is 492 g/mol. The van der Waals surface area contributed by atoms with Gasteiger partial charge in [0.15, 0.2) is 0 Å². The quantitative estimate of drug-likeness (QED) is 0.642. The highest BCUT2D eigenvalue weighted by molar-refractivity contribution is 6.39. The molecule has 0 saturated carbocycles. The third kappa shape index (κ3) is 5.37. The molecule has 0 aliphatic carbocycles. The Labute approximate surface area is 222 Å². The van der Waals surface area contributed by atoms with Crippen LogP contribution in [0, 0.1) is 0 Å². The van der Waals surface area contributed by atoms with Gasteiger partial charge in [-0.2, -0.15) is 0 Å². The summed E-state index contributed by atoms with van der Waals surface area (Å²) in [5.41, 5.74) is 1.92. The summed E-state index contributed by atoms with van der Waals surface area (Å²) in [7, 11) is 0. The number of oxime groups is 1. The summed E-state index contributed by atoms with van der Waals surface area (Å²) in [4.78, 5) is 42.1. The summed E-state index contributed by atoms with van der Waals surface area (Å²) in [5, 5.41) is 7.89. The first-order chi connectivity index (χ1) is 17.8. The fourth-order valence-corrected chi connectivity index (χ4v) is 5.49. The zero-order valence-corrected chi connectivity index (χ0v) is 22.1. The van der Waals surface area contributed by atoms with Gasteiger partial charge in [-0.3, -0.25) is 4.79 Å². The number of anilines is 2. The average molecular weight is 525 g/mol. The van der Waals surface area contributed by atoms with E-state index >= 15 is 0 Å². The van der Waals surface area contributed by atoms with Crippen LogP contribution in [-0.2, 0) is 9.63 Å². The number of nitrogens with zero attached hydrogens (tertiary/aromatic N) is 5. The number of carbonyl (C=O) groups excluding carboxylic acids is 2. The Bertz CT molecular complexity index is 1190. The number of hydrogen-bond donors (Lipinski definition) is 1. The van der Waals surface area contributed by atoms with Crippen LogP contribution in [-0.4, -0.2) is 77.3 Å². The predicted molar refractivity (Wildman–Crippen MR) is 144 cm³/mol. The second kappa shape index (κ2) is 10.6. The first kappa shape index (κ1) is 25.3. The number of halogens is 1. The molecule has 2 aromatic rings. The maximum atomic E-state index is 13.2. The molecule has 2 fully saturated rings. The molecule has 3 aliphatic heterocycles. The number of benzene rings is 1. The van der Waals surface area contributed by atoms with Crippen molar-refractivity contribution in [1.29, 1.82) is 0 Å². The number of pyridine rings is 1. The third-order valence-corrected chi connectivity index (χ3v) is 7.77. The number of piperidine rings is 1. The molecule has 4 heterocycles. The van der Waals surface area contributed by atoms with E-state index in [0.29, 0.717) is 75.2 Å². The Morgan fingerprint density at radius 2 is 1.73 bits per heavy atom. The van der Waals surface area contributed by atoms with E-state index in [9.17, 15) is 9.59 Å². The highest BCUT2D eigenvalue weighted by Crippen LogP contribution is 2.35. The van der Waals surface area contributed by atoms with Crippen LogP contribution in [0.2, 0.25) is 5.02 Å². The van der Waals surface area contributed by atoms with Crippen LogP contribution in [0.3, 0.4) is 0 Å². The van der Waals surface area contributed by atoms with Crippen molar-refractivity contribution in [2.75, 3.05) is 49.5 Å². The van der Waals surface area contributed by atoms with E-state index in [1.165, 1.54) is 0 Å². The second-order valence-electron chi connectivity index (χ2n) is 10.2. The number of piperazine rings is 1. The van der Waals surface area contributed by atoms with E-state index < -0.39 is 5.60 Å². The normalized spacial score (nSPS) is 19.1. The smallest absolute Gasteiger partial charge is 0.321 e. The summed E-state index contributed by atoms with van der Waals surface area (Å²) in [5.74, 6) is 0.992. The number of carbonyl (C=O) groups is 2. The molecule has 0 atom stereocenters. The summed E-state index contributed by atoms with van der Waals surface area (Å²) in [6.45, 7) is 7.79. The van der Waals surface area contributed by atoms with Gasteiger partial charge in [0.2, 0.25) is 0 Å². The summed E-state index contributed by atoms with van der Waals surface area (Å²) < 4.78 is 0. The van der Waals surface area contributed by atoms with Gasteiger partial charge in [0, 0.05) is 70.4 Å². The number of amides is 3. The van der Waals surface area contributed by atoms with Crippen molar-refractivity contribution < 1.29 is 14.4 Å². The maximum absolute atomic E-state index is 13.2. The van der Waals surface area contributed by atoms with Crippen LogP contribution >= 0.6 is 11.6 Å². The number of para-hydroxylation sites is 1. The lowest BCUT2D eigenvalue weighted by molar-refractivity contribution is -0.124. The lowest BCUT2D eigenvalue weighted by Gasteiger charge is -2.37. The first-order valence-electron chi connectivity index (χ1n) is 12.9. The maximum Gasteiger partial charge on any atom is 0.321 e. The van der Waals surface area contributed by atoms with E-state index in [1.54, 1.807) is 6.20 Å². The minimum absolute atomic E-state index is 0.0749. The molecule has 0 unspecified atom stereocenters. The molecule has 1 aromatic heterocycles. The van der Waals surface area contributed by atoms with Gasteiger partial charge in [-0.25, -0.2) is 9.78 Å². The van der Waals surface area contributed by atoms with Gasteiger partial charge in [-0.05, 0) is 29.7 Å². The van der Waals surface area contributed by atoms with Gasteiger partial charge >= 0.3 is 6.03 Å². The van der Waals surface area contributed by atoms with E-state index in [2.05, 4.69) is 34.2 Å². The third-order valence-electron chi connectivity index (χ3n) is 7.48. The molecule has 10 heteroatoms. The van der Waals surface area contributed by atoms with E-state index in [1.807, 2.05) is 46.2 Å². The Kier molecular flexibility index (Phi) is 7.24. The molecule has 0 radical (unpaired) electrons. The summed E-state index contributed by atoms with van der Waals surface area (Å²) in [6, 6.07) is 11.4. The van der Waals surface area contributed by atoms with Crippen molar-refractivity contribution in [2.24, 2.45) is 5.16 Å². The molecule has 3 amide bonds. The van der Waals surface area contributed by atoms with Gasteiger partial charge < -0.3 is 24.9 Å². The molecule has 0 bridgehead atoms. The van der Waals surface area contributed by atoms with Crippen molar-refractivity contribution in [3.8, 4) is 0 Å². The Morgan fingerprint density at radius 1 is 1.00 bits per heavy atom. The van der Waals surface area contributed by atoms with Crippen LogP contribution in [0.4, 0.5) is 16.3 Å². The molecule has 2 saturated heterocycles.